The van der Waals surface area contributed by atoms with E-state index in [-0.39, 0.29) is 28.5 Å². The van der Waals surface area contributed by atoms with E-state index in [1.54, 1.807) is 30.3 Å². The summed E-state index contributed by atoms with van der Waals surface area (Å²) in [6.45, 7) is 2.91. The van der Waals surface area contributed by atoms with E-state index in [1.165, 1.54) is 22.5 Å². The van der Waals surface area contributed by atoms with Gasteiger partial charge in [0, 0.05) is 18.7 Å². The summed E-state index contributed by atoms with van der Waals surface area (Å²) in [5.41, 5.74) is 0.516. The molecule has 0 amide bonds. The molecule has 0 bridgehead atoms. The molecule has 1 aliphatic rings. The second-order valence-corrected chi connectivity index (χ2v) is 8.83. The molecule has 1 N–H and O–H groups in total. The first-order chi connectivity index (χ1) is 12.9. The Morgan fingerprint density at radius 1 is 1.22 bits per heavy atom. The standard InChI is InChI=1S/C20H23FN2O3S/c1-15-6-5-11-23(14-15)27(25,26)17-8-4-7-16(12-17)20(24)13-22-19-10-3-2-9-18(19)21/h2-4,7-10,12,15,22H,5-6,11,13-14H2,1H3. The normalized spacial score (nSPS) is 18.2. The topological polar surface area (TPSA) is 66.5 Å². The van der Waals surface area contributed by atoms with Gasteiger partial charge in [-0.05, 0) is 43.0 Å². The zero-order valence-corrected chi connectivity index (χ0v) is 16.0. The summed E-state index contributed by atoms with van der Waals surface area (Å²) in [6.07, 6.45) is 1.86. The van der Waals surface area contributed by atoms with Gasteiger partial charge in [0.15, 0.2) is 5.78 Å². The van der Waals surface area contributed by atoms with Crippen molar-refractivity contribution in [3.05, 3.63) is 59.9 Å². The second-order valence-electron chi connectivity index (χ2n) is 6.89. The number of carbonyl (C=O) groups excluding carboxylic acids is 1. The Hall–Kier alpha value is -2.25. The van der Waals surface area contributed by atoms with E-state index in [0.29, 0.717) is 19.0 Å². The van der Waals surface area contributed by atoms with E-state index in [0.717, 1.165) is 12.8 Å². The lowest BCUT2D eigenvalue weighted by Gasteiger charge is -2.30. The number of para-hydroxylation sites is 1. The maximum Gasteiger partial charge on any atom is 0.243 e. The molecule has 0 aliphatic carbocycles. The summed E-state index contributed by atoms with van der Waals surface area (Å²) < 4.78 is 40.9. The molecule has 144 valence electrons. The third-order valence-corrected chi connectivity index (χ3v) is 6.59. The van der Waals surface area contributed by atoms with Gasteiger partial charge >= 0.3 is 0 Å². The molecular weight excluding hydrogens is 367 g/mol. The number of nitrogens with zero attached hydrogens (tertiary/aromatic N) is 1. The first-order valence-corrected chi connectivity index (χ1v) is 10.4. The van der Waals surface area contributed by atoms with Crippen LogP contribution < -0.4 is 5.32 Å². The van der Waals surface area contributed by atoms with Crippen molar-refractivity contribution >= 4 is 21.5 Å². The average Bonchev–Trinajstić information content (AvgIpc) is 2.67. The fourth-order valence-electron chi connectivity index (χ4n) is 3.23. The van der Waals surface area contributed by atoms with Gasteiger partial charge in [0.05, 0.1) is 17.1 Å². The lowest BCUT2D eigenvalue weighted by Crippen LogP contribution is -2.39. The monoisotopic (exact) mass is 390 g/mol. The van der Waals surface area contributed by atoms with Gasteiger partial charge in [0.2, 0.25) is 10.0 Å². The highest BCUT2D eigenvalue weighted by Gasteiger charge is 2.29. The summed E-state index contributed by atoms with van der Waals surface area (Å²) in [4.78, 5) is 12.6. The van der Waals surface area contributed by atoms with Gasteiger partial charge in [0.1, 0.15) is 5.82 Å². The Morgan fingerprint density at radius 3 is 2.74 bits per heavy atom. The van der Waals surface area contributed by atoms with E-state index in [1.807, 2.05) is 6.92 Å². The maximum absolute atomic E-state index is 13.6. The third-order valence-electron chi connectivity index (χ3n) is 4.73. The number of Topliss-reactive ketones (excluding diaryl/α,β-unsaturated/α-hetero) is 1. The molecular formula is C20H23FN2O3S. The molecule has 2 aromatic rings. The fourth-order valence-corrected chi connectivity index (χ4v) is 4.87. The van der Waals surface area contributed by atoms with Crippen molar-refractivity contribution in [3.63, 3.8) is 0 Å². The highest BCUT2D eigenvalue weighted by Crippen LogP contribution is 2.24. The van der Waals surface area contributed by atoms with Crippen LogP contribution >= 0.6 is 0 Å². The first-order valence-electron chi connectivity index (χ1n) is 9.00. The SMILES string of the molecule is CC1CCCN(S(=O)(=O)c2cccc(C(=O)CNc3ccccc3F)c2)C1. The molecule has 0 spiro atoms. The molecule has 0 radical (unpaired) electrons. The third kappa shape index (κ3) is 4.54. The van der Waals surface area contributed by atoms with E-state index in [9.17, 15) is 17.6 Å². The van der Waals surface area contributed by atoms with Crippen LogP contribution in [0.25, 0.3) is 0 Å². The lowest BCUT2D eigenvalue weighted by molar-refractivity contribution is 0.101. The number of nitrogens with one attached hydrogen (secondary N) is 1. The summed E-state index contributed by atoms with van der Waals surface area (Å²) in [7, 11) is -3.62. The van der Waals surface area contributed by atoms with Crippen molar-refractivity contribution in [2.24, 2.45) is 5.92 Å². The molecule has 2 aromatic carbocycles. The minimum atomic E-state index is -3.62. The Balaban J connectivity index is 1.74. The molecule has 1 saturated heterocycles. The number of ketones is 1. The summed E-state index contributed by atoms with van der Waals surface area (Å²) >= 11 is 0. The Morgan fingerprint density at radius 2 is 2.00 bits per heavy atom. The molecule has 1 fully saturated rings. The predicted octanol–water partition coefficient (Wildman–Crippen LogP) is 3.54. The molecule has 5 nitrogen and oxygen atoms in total. The zero-order valence-electron chi connectivity index (χ0n) is 15.2. The van der Waals surface area contributed by atoms with E-state index >= 15 is 0 Å². The first kappa shape index (κ1) is 19.5. The Labute approximate surface area is 159 Å². The van der Waals surface area contributed by atoms with Gasteiger partial charge < -0.3 is 5.32 Å². The number of benzene rings is 2. The van der Waals surface area contributed by atoms with E-state index < -0.39 is 15.8 Å². The molecule has 1 unspecified atom stereocenters. The van der Waals surface area contributed by atoms with Crippen molar-refractivity contribution in [1.82, 2.24) is 4.31 Å². The highest BCUT2D eigenvalue weighted by molar-refractivity contribution is 7.89. The fraction of sp³-hybridized carbons (Fsp3) is 0.350. The van der Waals surface area contributed by atoms with Crippen LogP contribution in [0.5, 0.6) is 0 Å². The van der Waals surface area contributed by atoms with Gasteiger partial charge in [0.25, 0.3) is 0 Å². The molecule has 1 heterocycles. The number of halogens is 1. The summed E-state index contributed by atoms with van der Waals surface area (Å²) in [6, 6.07) is 12.1. The van der Waals surface area contributed by atoms with Crippen LogP contribution in [-0.2, 0) is 10.0 Å². The number of hydrogen-bond donors (Lipinski definition) is 1. The van der Waals surface area contributed by atoms with Gasteiger partial charge in [-0.2, -0.15) is 4.31 Å². The molecule has 0 aromatic heterocycles. The number of hydrogen-bond acceptors (Lipinski definition) is 4. The van der Waals surface area contributed by atoms with Crippen LogP contribution in [0, 0.1) is 11.7 Å². The second kappa shape index (κ2) is 8.19. The van der Waals surface area contributed by atoms with Crippen molar-refractivity contribution in [1.29, 1.82) is 0 Å². The van der Waals surface area contributed by atoms with Crippen molar-refractivity contribution < 1.29 is 17.6 Å². The van der Waals surface area contributed by atoms with Gasteiger partial charge in [-0.1, -0.05) is 31.2 Å². The molecule has 3 rings (SSSR count). The van der Waals surface area contributed by atoms with Crippen LogP contribution in [0.3, 0.4) is 0 Å². The van der Waals surface area contributed by atoms with Crippen LogP contribution in [0.15, 0.2) is 53.4 Å². The highest BCUT2D eigenvalue weighted by atomic mass is 32.2. The minimum Gasteiger partial charge on any atom is -0.375 e. The van der Waals surface area contributed by atoms with Crippen LogP contribution in [0.4, 0.5) is 10.1 Å². The van der Waals surface area contributed by atoms with Gasteiger partial charge in [-0.15, -0.1) is 0 Å². The van der Waals surface area contributed by atoms with Crippen molar-refractivity contribution in [3.8, 4) is 0 Å². The van der Waals surface area contributed by atoms with Crippen molar-refractivity contribution in [2.75, 3.05) is 25.0 Å². The molecule has 27 heavy (non-hydrogen) atoms. The summed E-state index contributed by atoms with van der Waals surface area (Å²) in [5.74, 6) is -0.425. The number of sulfonamides is 1. The van der Waals surface area contributed by atoms with Crippen LogP contribution in [-0.4, -0.2) is 38.1 Å². The van der Waals surface area contributed by atoms with Crippen molar-refractivity contribution in [2.45, 2.75) is 24.7 Å². The van der Waals surface area contributed by atoms with Crippen LogP contribution in [0.1, 0.15) is 30.1 Å². The average molecular weight is 390 g/mol. The van der Waals surface area contributed by atoms with E-state index in [2.05, 4.69) is 5.32 Å². The lowest BCUT2D eigenvalue weighted by atomic mass is 10.0. The molecule has 1 aliphatic heterocycles. The zero-order chi connectivity index (χ0) is 19.4. The van der Waals surface area contributed by atoms with E-state index in [4.69, 9.17) is 0 Å². The number of rotatable bonds is 6. The van der Waals surface area contributed by atoms with Gasteiger partial charge in [-0.25, -0.2) is 12.8 Å². The maximum atomic E-state index is 13.6. The predicted molar refractivity (Wildman–Crippen MR) is 103 cm³/mol. The largest absolute Gasteiger partial charge is 0.375 e. The minimum absolute atomic E-state index is 0.119. The summed E-state index contributed by atoms with van der Waals surface area (Å²) in [5, 5.41) is 2.75. The quantitative estimate of drug-likeness (QED) is 0.766. The molecule has 1 atom stereocenters. The Bertz CT molecular complexity index is 930. The molecule has 7 heteroatoms. The van der Waals surface area contributed by atoms with Crippen LogP contribution in [0.2, 0.25) is 0 Å². The smallest absolute Gasteiger partial charge is 0.243 e. The van der Waals surface area contributed by atoms with Gasteiger partial charge in [-0.3, -0.25) is 4.79 Å². The number of piperidine rings is 1. The number of carbonyl (C=O) groups is 1. The Kier molecular flexibility index (Phi) is 5.92. The number of anilines is 1. The molecule has 0 saturated carbocycles.